The van der Waals surface area contributed by atoms with Crippen LogP contribution >= 0.6 is 0 Å². The Bertz CT molecular complexity index is 493. The predicted octanol–water partition coefficient (Wildman–Crippen LogP) is 2.67. The van der Waals surface area contributed by atoms with Crippen molar-refractivity contribution in [3.8, 4) is 0 Å². The molecule has 0 aromatic heterocycles. The second-order valence-corrected chi connectivity index (χ2v) is 6.33. The molecule has 3 atom stereocenters. The van der Waals surface area contributed by atoms with Gasteiger partial charge in [-0.05, 0) is 33.0 Å². The van der Waals surface area contributed by atoms with E-state index < -0.39 is 5.82 Å². The van der Waals surface area contributed by atoms with E-state index in [1.54, 1.807) is 18.2 Å². The van der Waals surface area contributed by atoms with Crippen LogP contribution in [0.2, 0.25) is 0 Å². The molecule has 1 aliphatic heterocycles. The van der Waals surface area contributed by atoms with Crippen LogP contribution in [0.25, 0.3) is 0 Å². The molecule has 1 aromatic carbocycles. The number of benzene rings is 1. The van der Waals surface area contributed by atoms with Gasteiger partial charge in [-0.2, -0.15) is 0 Å². The van der Waals surface area contributed by atoms with E-state index in [9.17, 15) is 9.18 Å². The number of carbonyl (C=O) groups excluding carboxylic acids is 1. The third-order valence-electron chi connectivity index (χ3n) is 4.55. The Hall–Kier alpha value is -1.26. The summed E-state index contributed by atoms with van der Waals surface area (Å²) in [6, 6.07) is 7.20. The Morgan fingerprint density at radius 1 is 1.29 bits per heavy atom. The van der Waals surface area contributed by atoms with Crippen LogP contribution in [0.4, 0.5) is 4.39 Å². The van der Waals surface area contributed by atoms with Crippen LogP contribution in [0.5, 0.6) is 0 Å². The third kappa shape index (κ3) is 3.69. The first kappa shape index (κ1) is 16.1. The zero-order chi connectivity index (χ0) is 15.6. The maximum Gasteiger partial charge on any atom is 0.169 e. The number of hydrogen-bond donors (Lipinski definition) is 0. The van der Waals surface area contributed by atoms with Crippen LogP contribution in [0.3, 0.4) is 0 Å². The van der Waals surface area contributed by atoms with Crippen molar-refractivity contribution in [2.45, 2.75) is 32.9 Å². The average molecular weight is 292 g/mol. The first-order chi connectivity index (χ1) is 9.90. The van der Waals surface area contributed by atoms with Gasteiger partial charge < -0.3 is 0 Å². The third-order valence-corrected chi connectivity index (χ3v) is 4.55. The monoisotopic (exact) mass is 292 g/mol. The summed E-state index contributed by atoms with van der Waals surface area (Å²) in [7, 11) is 2.14. The second-order valence-electron chi connectivity index (χ2n) is 6.33. The lowest BCUT2D eigenvalue weighted by Gasteiger charge is -2.43. The summed E-state index contributed by atoms with van der Waals surface area (Å²) in [5.74, 6) is -0.716. The van der Waals surface area contributed by atoms with E-state index >= 15 is 0 Å². The summed E-state index contributed by atoms with van der Waals surface area (Å²) < 4.78 is 13.7. The Morgan fingerprint density at radius 3 is 2.43 bits per heavy atom. The number of hydrogen-bond acceptors (Lipinski definition) is 3. The summed E-state index contributed by atoms with van der Waals surface area (Å²) in [6.45, 7) is 8.89. The molecule has 0 bridgehead atoms. The molecule has 1 heterocycles. The summed E-state index contributed by atoms with van der Waals surface area (Å²) in [6.07, 6.45) is 0. The van der Waals surface area contributed by atoms with Crippen LogP contribution in [0.1, 0.15) is 31.1 Å². The fourth-order valence-electron chi connectivity index (χ4n) is 3.06. The Morgan fingerprint density at radius 2 is 1.86 bits per heavy atom. The molecule has 1 saturated heterocycles. The van der Waals surface area contributed by atoms with E-state index in [4.69, 9.17) is 0 Å². The Balaban J connectivity index is 2.00. The zero-order valence-electron chi connectivity index (χ0n) is 13.3. The number of ketones is 1. The first-order valence-electron chi connectivity index (χ1n) is 7.63. The first-order valence-corrected chi connectivity index (χ1v) is 7.63. The molecule has 0 aliphatic carbocycles. The van der Waals surface area contributed by atoms with Crippen molar-refractivity contribution in [3.05, 3.63) is 35.6 Å². The van der Waals surface area contributed by atoms with Gasteiger partial charge in [-0.15, -0.1) is 0 Å². The maximum absolute atomic E-state index is 13.7. The Kier molecular flexibility index (Phi) is 5.12. The van der Waals surface area contributed by atoms with Gasteiger partial charge in [-0.1, -0.05) is 19.1 Å². The smallest absolute Gasteiger partial charge is 0.169 e. The molecule has 1 fully saturated rings. The molecule has 4 heteroatoms. The highest BCUT2D eigenvalue weighted by Gasteiger charge is 2.29. The number of nitrogens with zero attached hydrogens (tertiary/aromatic N) is 2. The molecule has 0 N–H and O–H groups in total. The number of carbonyl (C=O) groups is 1. The minimum absolute atomic E-state index is 0.104. The molecular weight excluding hydrogens is 267 g/mol. The summed E-state index contributed by atoms with van der Waals surface area (Å²) >= 11 is 0. The van der Waals surface area contributed by atoms with Crippen LogP contribution < -0.4 is 0 Å². The molecule has 1 aliphatic rings. The molecule has 0 saturated carbocycles. The van der Waals surface area contributed by atoms with E-state index in [0.717, 1.165) is 13.1 Å². The van der Waals surface area contributed by atoms with Crippen LogP contribution in [-0.2, 0) is 0 Å². The highest BCUT2D eigenvalue weighted by atomic mass is 19.1. The van der Waals surface area contributed by atoms with Crippen LogP contribution in [0.15, 0.2) is 24.3 Å². The van der Waals surface area contributed by atoms with E-state index in [1.807, 2.05) is 6.92 Å². The average Bonchev–Trinajstić information content (AvgIpc) is 2.44. The van der Waals surface area contributed by atoms with Gasteiger partial charge in [0, 0.05) is 37.6 Å². The molecule has 3 unspecified atom stereocenters. The molecule has 3 nitrogen and oxygen atoms in total. The van der Waals surface area contributed by atoms with Crippen molar-refractivity contribution >= 4 is 5.78 Å². The largest absolute Gasteiger partial charge is 0.300 e. The quantitative estimate of drug-likeness (QED) is 0.797. The second kappa shape index (κ2) is 6.67. The van der Waals surface area contributed by atoms with Gasteiger partial charge >= 0.3 is 0 Å². The van der Waals surface area contributed by atoms with Crippen molar-refractivity contribution in [3.63, 3.8) is 0 Å². The number of Topliss-reactive ketones (excluding diaryl/α,β-unsaturated/α-hetero) is 1. The van der Waals surface area contributed by atoms with Crippen molar-refractivity contribution in [1.82, 2.24) is 9.80 Å². The van der Waals surface area contributed by atoms with Gasteiger partial charge in [0.05, 0.1) is 5.56 Å². The summed E-state index contributed by atoms with van der Waals surface area (Å²) in [5.41, 5.74) is 0.209. The predicted molar refractivity (Wildman–Crippen MR) is 83.0 cm³/mol. The standard InChI is InChI=1S/C17H25FN2O/c1-12(17(21)15-7-5-6-8-16(15)18)9-20-10-13(2)19(4)14(3)11-20/h5-8,12-14H,9-11H2,1-4H3. The number of piperazine rings is 1. The fraction of sp³-hybridized carbons (Fsp3) is 0.588. The maximum atomic E-state index is 13.7. The highest BCUT2D eigenvalue weighted by molar-refractivity contribution is 5.98. The molecule has 0 radical (unpaired) electrons. The Labute approximate surface area is 126 Å². The molecule has 0 amide bonds. The molecule has 116 valence electrons. The van der Waals surface area contributed by atoms with Gasteiger partial charge in [-0.25, -0.2) is 4.39 Å². The summed E-state index contributed by atoms with van der Waals surface area (Å²) in [4.78, 5) is 17.1. The minimum atomic E-state index is -0.422. The van der Waals surface area contributed by atoms with Crippen LogP contribution in [0, 0.1) is 11.7 Å². The lowest BCUT2D eigenvalue weighted by molar-refractivity contribution is 0.0493. The van der Waals surface area contributed by atoms with E-state index in [2.05, 4.69) is 30.7 Å². The molecular formula is C17H25FN2O. The number of likely N-dealkylation sites (N-methyl/N-ethyl adjacent to an activating group) is 1. The van der Waals surface area contributed by atoms with Gasteiger partial charge in [0.2, 0.25) is 0 Å². The van der Waals surface area contributed by atoms with Crippen molar-refractivity contribution in [2.75, 3.05) is 26.7 Å². The topological polar surface area (TPSA) is 23.6 Å². The van der Waals surface area contributed by atoms with Gasteiger partial charge in [0.1, 0.15) is 5.82 Å². The molecule has 1 aromatic rings. The normalized spacial score (nSPS) is 25.8. The SMILES string of the molecule is CC(CN1CC(C)N(C)C(C)C1)C(=O)c1ccccc1F. The molecule has 21 heavy (non-hydrogen) atoms. The number of rotatable bonds is 4. The zero-order valence-corrected chi connectivity index (χ0v) is 13.3. The summed E-state index contributed by atoms with van der Waals surface area (Å²) in [5, 5.41) is 0. The number of halogens is 1. The van der Waals surface area contributed by atoms with Crippen molar-refractivity contribution < 1.29 is 9.18 Å². The molecule has 2 rings (SSSR count). The van der Waals surface area contributed by atoms with Gasteiger partial charge in [0.15, 0.2) is 5.78 Å². The van der Waals surface area contributed by atoms with E-state index in [-0.39, 0.29) is 17.3 Å². The minimum Gasteiger partial charge on any atom is -0.300 e. The lowest BCUT2D eigenvalue weighted by Crippen LogP contribution is -2.55. The van der Waals surface area contributed by atoms with Crippen LogP contribution in [-0.4, -0.2) is 54.3 Å². The van der Waals surface area contributed by atoms with Crippen molar-refractivity contribution in [1.29, 1.82) is 0 Å². The van der Waals surface area contributed by atoms with Gasteiger partial charge in [-0.3, -0.25) is 14.6 Å². The molecule has 0 spiro atoms. The highest BCUT2D eigenvalue weighted by Crippen LogP contribution is 2.18. The fourth-order valence-corrected chi connectivity index (χ4v) is 3.06. The van der Waals surface area contributed by atoms with Crippen molar-refractivity contribution in [2.24, 2.45) is 5.92 Å². The van der Waals surface area contributed by atoms with E-state index in [1.165, 1.54) is 6.07 Å². The lowest BCUT2D eigenvalue weighted by atomic mass is 9.97. The van der Waals surface area contributed by atoms with E-state index in [0.29, 0.717) is 18.6 Å². The van der Waals surface area contributed by atoms with Gasteiger partial charge in [0.25, 0.3) is 0 Å².